The van der Waals surface area contributed by atoms with Gasteiger partial charge in [-0.15, -0.1) is 11.3 Å². The van der Waals surface area contributed by atoms with Crippen molar-refractivity contribution in [3.8, 4) is 0 Å². The number of benzene rings is 2. The van der Waals surface area contributed by atoms with Crippen LogP contribution in [0.25, 0.3) is 21.1 Å². The number of halogens is 1. The van der Waals surface area contributed by atoms with E-state index in [-0.39, 0.29) is 5.56 Å². The Bertz CT molecular complexity index is 1240. The van der Waals surface area contributed by atoms with Gasteiger partial charge in [-0.3, -0.25) is 4.79 Å². The zero-order valence-electron chi connectivity index (χ0n) is 15.6. The average Bonchev–Trinajstić information content (AvgIpc) is 3.14. The van der Waals surface area contributed by atoms with Gasteiger partial charge in [-0.05, 0) is 37.1 Å². The molecule has 4 aromatic rings. The first-order chi connectivity index (χ1) is 13.6. The van der Waals surface area contributed by atoms with Crippen LogP contribution < -0.4 is 10.5 Å². The van der Waals surface area contributed by atoms with Gasteiger partial charge in [0, 0.05) is 42.0 Å². The Morgan fingerprint density at radius 3 is 2.71 bits per heavy atom. The number of pyridine rings is 1. The summed E-state index contributed by atoms with van der Waals surface area (Å²) in [5, 5.41) is 2.38. The first kappa shape index (κ1) is 17.9. The van der Waals surface area contributed by atoms with E-state index in [4.69, 9.17) is 4.98 Å². The number of nitrogens with zero attached hydrogens (tertiary/aromatic N) is 3. The molecule has 0 N–H and O–H groups in total. The van der Waals surface area contributed by atoms with Crippen LogP contribution in [0, 0.1) is 0 Å². The highest BCUT2D eigenvalue weighted by Gasteiger charge is 2.25. The van der Waals surface area contributed by atoms with Crippen LogP contribution in [0.1, 0.15) is 23.8 Å². The molecule has 1 fully saturated rings. The van der Waals surface area contributed by atoms with Gasteiger partial charge in [0.2, 0.25) is 0 Å². The number of piperidine rings is 1. The van der Waals surface area contributed by atoms with Crippen LogP contribution in [0.5, 0.6) is 0 Å². The molecule has 0 aliphatic carbocycles. The second kappa shape index (κ2) is 7.01. The SMILES string of the molecule is Cn1c(=O)cc(N2CCC(c3nc4ccc(Br)cc4s3)CC2)c2ccccc21. The van der Waals surface area contributed by atoms with Crippen molar-refractivity contribution in [1.82, 2.24) is 9.55 Å². The summed E-state index contributed by atoms with van der Waals surface area (Å²) in [5.74, 6) is 0.491. The number of aryl methyl sites for hydroxylation is 1. The molecule has 0 amide bonds. The average molecular weight is 454 g/mol. The Morgan fingerprint density at radius 1 is 1.11 bits per heavy atom. The third kappa shape index (κ3) is 3.05. The van der Waals surface area contributed by atoms with Gasteiger partial charge in [0.05, 0.1) is 26.4 Å². The Kier molecular flexibility index (Phi) is 4.48. The maximum atomic E-state index is 12.4. The van der Waals surface area contributed by atoms with Gasteiger partial charge in [-0.2, -0.15) is 0 Å². The molecule has 1 aliphatic heterocycles. The molecule has 1 aliphatic rings. The molecule has 5 rings (SSSR count). The molecule has 0 atom stereocenters. The Balaban J connectivity index is 1.42. The first-order valence-corrected chi connectivity index (χ1v) is 11.1. The minimum Gasteiger partial charge on any atom is -0.371 e. The quantitative estimate of drug-likeness (QED) is 0.413. The van der Waals surface area contributed by atoms with Gasteiger partial charge in [-0.25, -0.2) is 4.98 Å². The van der Waals surface area contributed by atoms with Crippen molar-refractivity contribution in [2.24, 2.45) is 7.05 Å². The highest BCUT2D eigenvalue weighted by molar-refractivity contribution is 9.10. The van der Waals surface area contributed by atoms with Crippen LogP contribution >= 0.6 is 27.3 Å². The van der Waals surface area contributed by atoms with Crippen LogP contribution in [-0.4, -0.2) is 22.6 Å². The van der Waals surface area contributed by atoms with Crippen LogP contribution in [0.15, 0.2) is 57.8 Å². The molecule has 142 valence electrons. The number of hydrogen-bond acceptors (Lipinski definition) is 4. The molecule has 1 saturated heterocycles. The molecule has 6 heteroatoms. The van der Waals surface area contributed by atoms with Gasteiger partial charge in [0.15, 0.2) is 0 Å². The molecule has 0 bridgehead atoms. The zero-order valence-corrected chi connectivity index (χ0v) is 18.0. The van der Waals surface area contributed by atoms with E-state index >= 15 is 0 Å². The second-order valence-electron chi connectivity index (χ2n) is 7.37. The molecule has 4 nitrogen and oxygen atoms in total. The Hall–Kier alpha value is -2.18. The lowest BCUT2D eigenvalue weighted by molar-refractivity contribution is 0.505. The smallest absolute Gasteiger partial charge is 0.252 e. The molecule has 2 aromatic heterocycles. The molecule has 0 saturated carbocycles. The fourth-order valence-electron chi connectivity index (χ4n) is 4.11. The second-order valence-corrected chi connectivity index (χ2v) is 9.35. The topological polar surface area (TPSA) is 38.1 Å². The summed E-state index contributed by atoms with van der Waals surface area (Å²) in [6, 6.07) is 16.2. The zero-order chi connectivity index (χ0) is 19.3. The van der Waals surface area contributed by atoms with Crippen molar-refractivity contribution >= 4 is 54.1 Å². The van der Waals surface area contributed by atoms with Crippen molar-refractivity contribution < 1.29 is 0 Å². The number of hydrogen-bond donors (Lipinski definition) is 0. The molecular formula is C22H20BrN3OS. The van der Waals surface area contributed by atoms with E-state index < -0.39 is 0 Å². The maximum absolute atomic E-state index is 12.4. The lowest BCUT2D eigenvalue weighted by atomic mass is 9.96. The van der Waals surface area contributed by atoms with Gasteiger partial charge in [0.25, 0.3) is 5.56 Å². The van der Waals surface area contributed by atoms with Crippen molar-refractivity contribution in [1.29, 1.82) is 0 Å². The van der Waals surface area contributed by atoms with Gasteiger partial charge >= 0.3 is 0 Å². The Labute approximate surface area is 175 Å². The Morgan fingerprint density at radius 2 is 1.89 bits per heavy atom. The van der Waals surface area contributed by atoms with Gasteiger partial charge < -0.3 is 9.47 Å². The summed E-state index contributed by atoms with van der Waals surface area (Å²) in [6.45, 7) is 1.89. The molecular weight excluding hydrogens is 434 g/mol. The predicted octanol–water partition coefficient (Wildman–Crippen LogP) is 5.29. The minimum absolute atomic E-state index is 0.0487. The summed E-state index contributed by atoms with van der Waals surface area (Å²) in [4.78, 5) is 19.7. The molecule has 0 unspecified atom stereocenters. The van der Waals surface area contributed by atoms with Crippen molar-refractivity contribution in [2.45, 2.75) is 18.8 Å². The normalized spacial score (nSPS) is 15.6. The molecule has 0 spiro atoms. The monoisotopic (exact) mass is 453 g/mol. The number of para-hydroxylation sites is 1. The van der Waals surface area contributed by atoms with Crippen LogP contribution in [0.2, 0.25) is 0 Å². The van der Waals surface area contributed by atoms with Crippen molar-refractivity contribution in [3.05, 3.63) is 68.4 Å². The lowest BCUT2D eigenvalue weighted by Crippen LogP contribution is -2.34. The third-order valence-corrected chi connectivity index (χ3v) is 7.36. The molecule has 2 aromatic carbocycles. The van der Waals surface area contributed by atoms with Crippen molar-refractivity contribution in [3.63, 3.8) is 0 Å². The largest absolute Gasteiger partial charge is 0.371 e. The van der Waals surface area contributed by atoms with Gasteiger partial charge in [0.1, 0.15) is 0 Å². The van der Waals surface area contributed by atoms with E-state index in [1.807, 2.05) is 36.6 Å². The predicted molar refractivity (Wildman–Crippen MR) is 121 cm³/mol. The fraction of sp³-hybridized carbons (Fsp3) is 0.273. The number of thiazole rings is 1. The molecule has 28 heavy (non-hydrogen) atoms. The lowest BCUT2D eigenvalue weighted by Gasteiger charge is -2.33. The minimum atomic E-state index is 0.0487. The highest BCUT2D eigenvalue weighted by Crippen LogP contribution is 2.36. The van der Waals surface area contributed by atoms with Crippen LogP contribution in [0.3, 0.4) is 0 Å². The standard InChI is InChI=1S/C22H20BrN3OS/c1-25-18-5-3-2-4-16(18)19(13-21(25)27)26-10-8-14(9-11-26)22-24-17-7-6-15(23)12-20(17)28-22/h2-7,12-14H,8-11H2,1H3. The van der Waals surface area contributed by atoms with E-state index in [0.29, 0.717) is 5.92 Å². The van der Waals surface area contributed by atoms with Gasteiger partial charge in [-0.1, -0.05) is 34.1 Å². The number of rotatable bonds is 2. The number of fused-ring (bicyclic) bond motifs is 2. The van der Waals surface area contributed by atoms with Crippen LogP contribution in [-0.2, 0) is 7.05 Å². The summed E-state index contributed by atoms with van der Waals surface area (Å²) in [6.07, 6.45) is 2.12. The third-order valence-electron chi connectivity index (χ3n) is 5.68. The highest BCUT2D eigenvalue weighted by atomic mass is 79.9. The molecule has 0 radical (unpaired) electrons. The number of anilines is 1. The van der Waals surface area contributed by atoms with Crippen molar-refractivity contribution in [2.75, 3.05) is 18.0 Å². The van der Waals surface area contributed by atoms with E-state index in [0.717, 1.165) is 52.5 Å². The summed E-state index contributed by atoms with van der Waals surface area (Å²) < 4.78 is 4.07. The summed E-state index contributed by atoms with van der Waals surface area (Å²) in [7, 11) is 1.84. The van der Waals surface area contributed by atoms with E-state index in [2.05, 4.69) is 45.1 Å². The van der Waals surface area contributed by atoms with E-state index in [9.17, 15) is 4.79 Å². The maximum Gasteiger partial charge on any atom is 0.252 e. The van der Waals surface area contributed by atoms with Crippen LogP contribution in [0.4, 0.5) is 5.69 Å². The van der Waals surface area contributed by atoms with E-state index in [1.54, 1.807) is 10.6 Å². The molecule has 3 heterocycles. The van der Waals surface area contributed by atoms with E-state index in [1.165, 1.54) is 9.71 Å². The fourth-order valence-corrected chi connectivity index (χ4v) is 5.80. The summed E-state index contributed by atoms with van der Waals surface area (Å²) in [5.41, 5.74) is 3.19. The summed E-state index contributed by atoms with van der Waals surface area (Å²) >= 11 is 5.36. The first-order valence-electron chi connectivity index (χ1n) is 9.50. The number of aromatic nitrogens is 2.